The smallest absolute Gasteiger partial charge is 0.251 e. The maximum Gasteiger partial charge on any atom is 0.251 e. The van der Waals surface area contributed by atoms with E-state index in [1.54, 1.807) is 0 Å². The van der Waals surface area contributed by atoms with Crippen LogP contribution in [-0.2, 0) is 6.54 Å². The molecular formula is C19H21F2N3O. The van der Waals surface area contributed by atoms with E-state index in [1.807, 2.05) is 18.2 Å². The van der Waals surface area contributed by atoms with Crippen LogP contribution in [0.2, 0.25) is 0 Å². The molecule has 3 N–H and O–H groups in total. The van der Waals surface area contributed by atoms with Crippen molar-refractivity contribution in [3.05, 3.63) is 65.2 Å². The summed E-state index contributed by atoms with van der Waals surface area (Å²) in [7, 11) is 0. The van der Waals surface area contributed by atoms with Gasteiger partial charge in [-0.05, 0) is 31.0 Å². The highest BCUT2D eigenvalue weighted by molar-refractivity contribution is 5.94. The number of nitrogens with zero attached hydrogens (tertiary/aromatic N) is 1. The lowest BCUT2D eigenvalue weighted by molar-refractivity contribution is 0.0996. The van der Waals surface area contributed by atoms with Crippen molar-refractivity contribution in [2.45, 2.75) is 25.4 Å². The largest absolute Gasteiger partial charge is 0.379 e. The van der Waals surface area contributed by atoms with Gasteiger partial charge in [-0.2, -0.15) is 0 Å². The summed E-state index contributed by atoms with van der Waals surface area (Å²) in [4.78, 5) is 13.6. The summed E-state index contributed by atoms with van der Waals surface area (Å²) in [6.07, 6.45) is 1.87. The van der Waals surface area contributed by atoms with E-state index >= 15 is 0 Å². The van der Waals surface area contributed by atoms with E-state index in [0.717, 1.165) is 38.5 Å². The third kappa shape index (κ3) is 4.33. The van der Waals surface area contributed by atoms with Crippen LogP contribution >= 0.6 is 0 Å². The Morgan fingerprint density at radius 3 is 2.68 bits per heavy atom. The van der Waals surface area contributed by atoms with Gasteiger partial charge in [0.05, 0.1) is 11.3 Å². The highest BCUT2D eigenvalue weighted by Crippen LogP contribution is 2.23. The molecule has 0 bridgehead atoms. The van der Waals surface area contributed by atoms with Gasteiger partial charge in [-0.15, -0.1) is 0 Å². The standard InChI is InChI=1S/C19H21F2N3O/c20-16-10-17(21)18(9-15(16)19(22)25)23-14-7-4-8-24(12-14)11-13-5-2-1-3-6-13/h1-3,5-6,9-10,14,23H,4,7-8,11-12H2,(H2,22,25). The van der Waals surface area contributed by atoms with Crippen molar-refractivity contribution in [3.8, 4) is 0 Å². The van der Waals surface area contributed by atoms with E-state index < -0.39 is 17.5 Å². The van der Waals surface area contributed by atoms with Crippen molar-refractivity contribution < 1.29 is 13.6 Å². The lowest BCUT2D eigenvalue weighted by Gasteiger charge is -2.33. The van der Waals surface area contributed by atoms with Crippen LogP contribution in [0.4, 0.5) is 14.5 Å². The second-order valence-electron chi connectivity index (χ2n) is 6.38. The second-order valence-corrected chi connectivity index (χ2v) is 6.38. The quantitative estimate of drug-likeness (QED) is 0.875. The predicted molar refractivity (Wildman–Crippen MR) is 93.2 cm³/mol. The van der Waals surface area contributed by atoms with Gasteiger partial charge in [-0.25, -0.2) is 8.78 Å². The number of piperidine rings is 1. The topological polar surface area (TPSA) is 58.4 Å². The lowest BCUT2D eigenvalue weighted by atomic mass is 10.0. The molecule has 3 rings (SSSR count). The Kier molecular flexibility index (Phi) is 5.28. The number of amides is 1. The number of hydrogen-bond acceptors (Lipinski definition) is 3. The molecule has 1 heterocycles. The molecule has 0 aliphatic carbocycles. The van der Waals surface area contributed by atoms with Gasteiger partial charge in [-0.1, -0.05) is 30.3 Å². The molecule has 1 fully saturated rings. The van der Waals surface area contributed by atoms with Gasteiger partial charge >= 0.3 is 0 Å². The average molecular weight is 345 g/mol. The molecular weight excluding hydrogens is 324 g/mol. The zero-order valence-corrected chi connectivity index (χ0v) is 13.8. The van der Waals surface area contributed by atoms with Gasteiger partial charge in [0.15, 0.2) is 0 Å². The first kappa shape index (κ1) is 17.4. The first-order valence-corrected chi connectivity index (χ1v) is 8.34. The fourth-order valence-corrected chi connectivity index (χ4v) is 3.23. The number of carbonyl (C=O) groups excluding carboxylic acids is 1. The van der Waals surface area contributed by atoms with Crippen LogP contribution in [0.1, 0.15) is 28.8 Å². The van der Waals surface area contributed by atoms with Gasteiger partial charge in [0.25, 0.3) is 5.91 Å². The SMILES string of the molecule is NC(=O)c1cc(NC2CCCN(Cc3ccccc3)C2)c(F)cc1F. The van der Waals surface area contributed by atoms with E-state index in [2.05, 4.69) is 22.3 Å². The molecule has 2 aromatic rings. The number of carbonyl (C=O) groups is 1. The van der Waals surface area contributed by atoms with Crippen molar-refractivity contribution in [2.24, 2.45) is 5.73 Å². The summed E-state index contributed by atoms with van der Waals surface area (Å²) in [6, 6.07) is 12.0. The number of hydrogen-bond donors (Lipinski definition) is 2. The van der Waals surface area contributed by atoms with Gasteiger partial charge in [0.2, 0.25) is 0 Å². The Bertz CT molecular complexity index is 752. The van der Waals surface area contributed by atoms with Gasteiger partial charge in [0.1, 0.15) is 11.6 Å². The highest BCUT2D eigenvalue weighted by atomic mass is 19.1. The van der Waals surface area contributed by atoms with Gasteiger partial charge in [-0.3, -0.25) is 9.69 Å². The minimum absolute atomic E-state index is 0.0261. The van der Waals surface area contributed by atoms with Crippen molar-refractivity contribution in [3.63, 3.8) is 0 Å². The molecule has 0 aromatic heterocycles. The highest BCUT2D eigenvalue weighted by Gasteiger charge is 2.22. The Labute approximate surface area is 145 Å². The Balaban J connectivity index is 1.68. The Hall–Kier alpha value is -2.47. The maximum atomic E-state index is 14.0. The van der Waals surface area contributed by atoms with Crippen molar-refractivity contribution in [1.29, 1.82) is 0 Å². The molecule has 2 aromatic carbocycles. The first-order valence-electron chi connectivity index (χ1n) is 8.34. The van der Waals surface area contributed by atoms with E-state index in [4.69, 9.17) is 5.73 Å². The molecule has 1 aliphatic heterocycles. The van der Waals surface area contributed by atoms with Crippen LogP contribution in [0.3, 0.4) is 0 Å². The molecule has 1 aliphatic rings. The molecule has 4 nitrogen and oxygen atoms in total. The summed E-state index contributed by atoms with van der Waals surface area (Å²) in [5, 5.41) is 3.10. The zero-order chi connectivity index (χ0) is 17.8. The minimum Gasteiger partial charge on any atom is -0.379 e. The Morgan fingerprint density at radius 2 is 1.96 bits per heavy atom. The monoisotopic (exact) mass is 345 g/mol. The maximum absolute atomic E-state index is 14.0. The normalized spacial score (nSPS) is 18.1. The van der Waals surface area contributed by atoms with Crippen LogP contribution in [0.15, 0.2) is 42.5 Å². The summed E-state index contributed by atoms with van der Waals surface area (Å²) in [6.45, 7) is 2.56. The average Bonchev–Trinajstić information content (AvgIpc) is 2.58. The molecule has 6 heteroatoms. The van der Waals surface area contributed by atoms with E-state index in [0.29, 0.717) is 6.07 Å². The van der Waals surface area contributed by atoms with Crippen LogP contribution in [0.25, 0.3) is 0 Å². The van der Waals surface area contributed by atoms with E-state index in [1.165, 1.54) is 5.56 Å². The predicted octanol–water partition coefficient (Wildman–Crippen LogP) is 3.14. The van der Waals surface area contributed by atoms with E-state index in [-0.39, 0.29) is 17.3 Å². The number of benzene rings is 2. The molecule has 1 unspecified atom stereocenters. The van der Waals surface area contributed by atoms with Crippen molar-refractivity contribution in [1.82, 2.24) is 4.90 Å². The second kappa shape index (κ2) is 7.61. The minimum atomic E-state index is -0.940. The number of nitrogens with one attached hydrogen (secondary N) is 1. The fourth-order valence-electron chi connectivity index (χ4n) is 3.23. The van der Waals surface area contributed by atoms with Crippen LogP contribution in [-0.4, -0.2) is 29.9 Å². The molecule has 0 spiro atoms. The number of nitrogens with two attached hydrogens (primary N) is 1. The molecule has 25 heavy (non-hydrogen) atoms. The van der Waals surface area contributed by atoms with Gasteiger partial charge in [0, 0.05) is 25.2 Å². The summed E-state index contributed by atoms with van der Waals surface area (Å²) < 4.78 is 27.6. The number of halogens is 2. The fraction of sp³-hybridized carbons (Fsp3) is 0.316. The summed E-state index contributed by atoms with van der Waals surface area (Å²) in [5.41, 5.74) is 6.17. The third-order valence-electron chi connectivity index (χ3n) is 4.44. The molecule has 1 amide bonds. The number of likely N-dealkylation sites (tertiary alicyclic amines) is 1. The zero-order valence-electron chi connectivity index (χ0n) is 13.8. The molecule has 1 saturated heterocycles. The van der Waals surface area contributed by atoms with Crippen molar-refractivity contribution >= 4 is 11.6 Å². The number of primary amides is 1. The van der Waals surface area contributed by atoms with Crippen LogP contribution in [0.5, 0.6) is 0 Å². The summed E-state index contributed by atoms with van der Waals surface area (Å²) in [5.74, 6) is -2.57. The Morgan fingerprint density at radius 1 is 1.20 bits per heavy atom. The van der Waals surface area contributed by atoms with Crippen molar-refractivity contribution in [2.75, 3.05) is 18.4 Å². The molecule has 132 valence electrons. The van der Waals surface area contributed by atoms with Crippen LogP contribution < -0.4 is 11.1 Å². The van der Waals surface area contributed by atoms with Crippen LogP contribution in [0, 0.1) is 11.6 Å². The molecule has 1 atom stereocenters. The van der Waals surface area contributed by atoms with E-state index in [9.17, 15) is 13.6 Å². The summed E-state index contributed by atoms with van der Waals surface area (Å²) >= 11 is 0. The first-order chi connectivity index (χ1) is 12.0. The number of rotatable bonds is 5. The lowest BCUT2D eigenvalue weighted by Crippen LogP contribution is -2.41. The molecule has 0 saturated carbocycles. The number of anilines is 1. The molecule has 0 radical (unpaired) electrons. The van der Waals surface area contributed by atoms with Gasteiger partial charge < -0.3 is 11.1 Å². The third-order valence-corrected chi connectivity index (χ3v) is 4.44.